The topological polar surface area (TPSA) is 26.3 Å². The van der Waals surface area contributed by atoms with E-state index in [9.17, 15) is 4.79 Å². The zero-order chi connectivity index (χ0) is 7.70. The second kappa shape index (κ2) is 11.3. The van der Waals surface area contributed by atoms with Crippen molar-refractivity contribution < 1.29 is 25.9 Å². The zero-order valence-electron chi connectivity index (χ0n) is 5.69. The number of carbonyl (C=O) groups excluding carboxylic acids is 1. The van der Waals surface area contributed by atoms with Gasteiger partial charge in [-0.2, -0.15) is 6.42 Å². The number of carbonyl (C=O) groups is 1. The van der Waals surface area contributed by atoms with E-state index in [0.29, 0.717) is 0 Å². The molecule has 9 heavy (non-hydrogen) atoms. The van der Waals surface area contributed by atoms with E-state index in [4.69, 9.17) is 0 Å². The molecule has 0 fully saturated rings. The van der Waals surface area contributed by atoms with Crippen LogP contribution in [0.3, 0.4) is 0 Å². The van der Waals surface area contributed by atoms with Gasteiger partial charge in [0.2, 0.25) is 0 Å². The van der Waals surface area contributed by atoms with Crippen LogP contribution in [0.1, 0.15) is 13.3 Å². The van der Waals surface area contributed by atoms with E-state index >= 15 is 0 Å². The van der Waals surface area contributed by atoms with Crippen molar-refractivity contribution in [2.45, 2.75) is 13.3 Å². The van der Waals surface area contributed by atoms with Crippen LogP contribution in [0.25, 0.3) is 0 Å². The van der Waals surface area contributed by atoms with Gasteiger partial charge in [-0.1, -0.05) is 6.92 Å². The molecule has 0 heterocycles. The van der Waals surface area contributed by atoms with E-state index < -0.39 is 0 Å². The van der Waals surface area contributed by atoms with Crippen LogP contribution in [-0.2, 0) is 25.9 Å². The predicted octanol–water partition coefficient (Wildman–Crippen LogP) is 1.62. The summed E-state index contributed by atoms with van der Waals surface area (Å²) in [5.74, 6) is -0.248. The summed E-state index contributed by atoms with van der Waals surface area (Å²) < 4.78 is 4.30. The normalized spacial score (nSPS) is 6.78. The van der Waals surface area contributed by atoms with Crippen LogP contribution in [-0.4, -0.2) is 13.1 Å². The Morgan fingerprint density at radius 2 is 2.22 bits per heavy atom. The Morgan fingerprint density at radius 3 is 2.33 bits per heavy atom. The van der Waals surface area contributed by atoms with E-state index in [2.05, 4.69) is 18.4 Å². The van der Waals surface area contributed by atoms with E-state index in [1.54, 1.807) is 0 Å². The monoisotopic (exact) mass is 244 g/mol. The second-order valence-electron chi connectivity index (χ2n) is 1.14. The van der Waals surface area contributed by atoms with E-state index in [0.717, 1.165) is 6.42 Å². The van der Waals surface area contributed by atoms with Gasteiger partial charge in [-0.05, 0) is 0 Å². The van der Waals surface area contributed by atoms with Crippen LogP contribution in [0.15, 0.2) is 0 Å². The number of halogens is 1. The summed E-state index contributed by atoms with van der Waals surface area (Å²) in [6.07, 6.45) is 2.23. The first kappa shape index (κ1) is 12.2. The third-order valence-electron chi connectivity index (χ3n) is 0.572. The Balaban J connectivity index is 0. The van der Waals surface area contributed by atoms with Gasteiger partial charge in [0, 0.05) is 0 Å². The summed E-state index contributed by atoms with van der Waals surface area (Å²) in [5, 5.41) is 0. The molecular formula is C5H9BrO2Zn. The summed E-state index contributed by atoms with van der Waals surface area (Å²) >= 11 is 4.25. The molecule has 0 saturated heterocycles. The molecule has 0 N–H and O–H groups in total. The molecule has 0 spiro atoms. The number of ether oxygens (including phenoxy) is 1. The Labute approximate surface area is 72.4 Å². The second-order valence-corrected chi connectivity index (χ2v) is 1.14. The van der Waals surface area contributed by atoms with Gasteiger partial charge in [-0.25, -0.2) is 0 Å². The summed E-state index contributed by atoms with van der Waals surface area (Å²) in [4.78, 5) is 10.1. The van der Waals surface area contributed by atoms with Gasteiger partial charge in [-0.15, -0.1) is 0 Å². The Morgan fingerprint density at radius 1 is 1.78 bits per heavy atom. The van der Waals surface area contributed by atoms with E-state index in [1.165, 1.54) is 29.9 Å². The van der Waals surface area contributed by atoms with Crippen molar-refractivity contribution >= 4 is 19.6 Å². The molecule has 2 nitrogen and oxygen atoms in total. The minimum absolute atomic E-state index is 0.248. The van der Waals surface area contributed by atoms with Crippen molar-refractivity contribution in [1.29, 1.82) is 0 Å². The Hall–Kier alpha value is 0.443. The quantitative estimate of drug-likeness (QED) is 0.420. The van der Waals surface area contributed by atoms with Crippen LogP contribution in [0.4, 0.5) is 0 Å². The van der Waals surface area contributed by atoms with Crippen LogP contribution in [0.2, 0.25) is 0 Å². The van der Waals surface area contributed by atoms with Gasteiger partial charge in [0.1, 0.15) is 0 Å². The molecule has 0 amide bonds. The Bertz CT molecular complexity index is 68.0. The first-order valence-corrected chi connectivity index (χ1v) is 9.44. The number of rotatable bonds is 2. The van der Waals surface area contributed by atoms with Crippen molar-refractivity contribution in [3.8, 4) is 0 Å². The molecule has 0 rings (SSSR count). The number of hydrogen-bond acceptors (Lipinski definition) is 2. The molecule has 0 atom stereocenters. The predicted molar refractivity (Wildman–Crippen MR) is 35.5 cm³/mol. The van der Waals surface area contributed by atoms with E-state index in [-0.39, 0.29) is 5.97 Å². The molecule has 0 unspecified atom stereocenters. The van der Waals surface area contributed by atoms with Gasteiger partial charge >= 0.3 is 30.0 Å². The van der Waals surface area contributed by atoms with Crippen molar-refractivity contribution in [2.75, 3.05) is 7.11 Å². The first-order chi connectivity index (χ1) is 4.31. The van der Waals surface area contributed by atoms with E-state index in [1.807, 2.05) is 6.92 Å². The molecule has 0 aromatic rings. The molecule has 0 aromatic heterocycles. The minimum atomic E-state index is -0.248. The maximum atomic E-state index is 10.1. The molecule has 0 aliphatic heterocycles. The maximum absolute atomic E-state index is 10.1. The van der Waals surface area contributed by atoms with Crippen molar-refractivity contribution in [2.24, 2.45) is 0 Å². The fourth-order valence-corrected chi connectivity index (χ4v) is 0.250. The van der Waals surface area contributed by atoms with Crippen LogP contribution in [0.5, 0.6) is 0 Å². The molecule has 50 valence electrons. The average molecular weight is 246 g/mol. The molecule has 0 bridgehead atoms. The van der Waals surface area contributed by atoms with Crippen molar-refractivity contribution in [1.82, 2.24) is 0 Å². The van der Waals surface area contributed by atoms with Gasteiger partial charge in [0.25, 0.3) is 0 Å². The number of methoxy groups -OCH3 is 1. The van der Waals surface area contributed by atoms with Crippen molar-refractivity contribution in [3.63, 3.8) is 0 Å². The molecular weight excluding hydrogens is 237 g/mol. The zero-order valence-corrected chi connectivity index (χ0v) is 10.2. The standard InChI is InChI=1S/C5H9O2.BrH.Zn/c1-3-4-5(6)7-2;;/h4H,3H2,1-2H3;1H;/q-1;;+2/p-1. The molecule has 0 saturated carbocycles. The molecule has 0 aromatic carbocycles. The van der Waals surface area contributed by atoms with Gasteiger partial charge in [0.15, 0.2) is 5.97 Å². The average Bonchev–Trinajstić information content (AvgIpc) is 1.93. The SMILES string of the molecule is CC[CH-]C(=O)OC.[Zn+][Br]. The fourth-order valence-electron chi connectivity index (χ4n) is 0.250. The Kier molecular flexibility index (Phi) is 15.2. The number of hydrogen-bond donors (Lipinski definition) is 0. The number of esters is 1. The van der Waals surface area contributed by atoms with Crippen LogP contribution >= 0.6 is 13.6 Å². The van der Waals surface area contributed by atoms with Gasteiger partial charge in [0.05, 0.1) is 7.11 Å². The van der Waals surface area contributed by atoms with Crippen LogP contribution < -0.4 is 0 Å². The molecule has 0 aliphatic rings. The van der Waals surface area contributed by atoms with Crippen molar-refractivity contribution in [3.05, 3.63) is 6.42 Å². The summed E-state index contributed by atoms with van der Waals surface area (Å²) in [5.41, 5.74) is 0. The summed E-state index contributed by atoms with van der Waals surface area (Å²) in [7, 11) is 1.37. The summed E-state index contributed by atoms with van der Waals surface area (Å²) in [6.45, 7) is 1.89. The molecule has 0 radical (unpaired) electrons. The summed E-state index contributed by atoms with van der Waals surface area (Å²) in [6, 6.07) is 0. The van der Waals surface area contributed by atoms with Gasteiger partial charge < -0.3 is 4.74 Å². The third-order valence-corrected chi connectivity index (χ3v) is 0.572. The fraction of sp³-hybridized carbons (Fsp3) is 0.600. The third kappa shape index (κ3) is 11.8. The molecule has 0 aliphatic carbocycles. The van der Waals surface area contributed by atoms with Gasteiger partial charge in [-0.3, -0.25) is 11.2 Å². The van der Waals surface area contributed by atoms with Crippen LogP contribution in [0, 0.1) is 6.42 Å². The first-order valence-electron chi connectivity index (χ1n) is 2.49. The molecule has 4 heteroatoms.